The molecule has 0 aromatic heterocycles. The number of amides is 1. The number of hydrogen-bond acceptors (Lipinski definition) is 3. The number of nitrogens with one attached hydrogen (secondary N) is 1. The number of carbonyl (C=O) groups is 2. The molecule has 0 aromatic rings. The molecule has 0 saturated carbocycles. The van der Waals surface area contributed by atoms with Gasteiger partial charge in [-0.1, -0.05) is 90.4 Å². The molecule has 19 heteroatoms. The summed E-state index contributed by atoms with van der Waals surface area (Å²) in [5, 5.41) is 0.708. The second-order valence-electron chi connectivity index (χ2n) is 10.9. The molecule has 4 nitrogen and oxygen atoms in total. The molecule has 0 aliphatic rings. The van der Waals surface area contributed by atoms with Crippen LogP contribution in [0.4, 0.5) is 65.9 Å². The van der Waals surface area contributed by atoms with Crippen molar-refractivity contribution in [2.75, 3.05) is 6.61 Å². The van der Waals surface area contributed by atoms with Gasteiger partial charge < -0.3 is 10.1 Å². The first-order valence-corrected chi connectivity index (χ1v) is 14.6. The quantitative estimate of drug-likeness (QED) is 0.0653. The van der Waals surface area contributed by atoms with E-state index < -0.39 is 59.6 Å². The van der Waals surface area contributed by atoms with Gasteiger partial charge in [0.1, 0.15) is 6.04 Å². The molecule has 0 fully saturated rings. The van der Waals surface area contributed by atoms with Crippen molar-refractivity contribution in [1.29, 1.82) is 0 Å². The molecule has 1 N–H and O–H groups in total. The van der Waals surface area contributed by atoms with E-state index in [2.05, 4.69) is 11.7 Å². The van der Waals surface area contributed by atoms with Crippen molar-refractivity contribution >= 4 is 11.9 Å². The summed E-state index contributed by atoms with van der Waals surface area (Å²) >= 11 is 0. The molecule has 0 spiro atoms. The molecule has 0 radical (unpaired) electrons. The third-order valence-corrected chi connectivity index (χ3v) is 7.06. The maximum Gasteiger partial charge on any atom is 0.460 e. The van der Waals surface area contributed by atoms with Crippen LogP contribution >= 0.6 is 0 Å². The molecule has 274 valence electrons. The molecule has 0 saturated heterocycles. The van der Waals surface area contributed by atoms with Gasteiger partial charge in [-0.2, -0.15) is 65.9 Å². The monoisotopic (exact) mass is 709 g/mol. The number of carbonyl (C=O) groups excluding carboxylic acids is 2. The van der Waals surface area contributed by atoms with Crippen molar-refractivity contribution in [2.45, 2.75) is 151 Å². The predicted molar refractivity (Wildman–Crippen MR) is 135 cm³/mol. The zero-order valence-electron chi connectivity index (χ0n) is 25.1. The van der Waals surface area contributed by atoms with Gasteiger partial charge in [0, 0.05) is 0 Å². The van der Waals surface area contributed by atoms with Gasteiger partial charge in [-0.05, 0) is 13.3 Å². The van der Waals surface area contributed by atoms with E-state index in [-0.39, 0.29) is 13.0 Å². The van der Waals surface area contributed by atoms with Crippen molar-refractivity contribution in [2.24, 2.45) is 0 Å². The summed E-state index contributed by atoms with van der Waals surface area (Å²) in [4.78, 5) is 23.4. The maximum absolute atomic E-state index is 14.0. The lowest BCUT2D eigenvalue weighted by Gasteiger charge is -2.41. The fourth-order valence-corrected chi connectivity index (χ4v) is 4.05. The molecule has 46 heavy (non-hydrogen) atoms. The summed E-state index contributed by atoms with van der Waals surface area (Å²) in [5.74, 6) is -53.9. The van der Waals surface area contributed by atoms with Crippen LogP contribution < -0.4 is 5.32 Å². The van der Waals surface area contributed by atoms with E-state index in [0.717, 1.165) is 38.5 Å². The third-order valence-electron chi connectivity index (χ3n) is 7.06. The molecule has 1 unspecified atom stereocenters. The first kappa shape index (κ1) is 43.9. The lowest BCUT2D eigenvalue weighted by molar-refractivity contribution is -0.449. The smallest absolute Gasteiger partial charge is 0.460 e. The third kappa shape index (κ3) is 10.2. The SMILES string of the molecule is CCCCCCCCCCCCCCCCOC(=O)C(C)NC(=O)C(F)(F)C(F)(F)C(F)(F)C(F)(F)C(F)(F)C(F)(F)C(F)(F)F. The molecule has 0 aliphatic heterocycles. The molecular weight excluding hydrogens is 671 g/mol. The van der Waals surface area contributed by atoms with Crippen molar-refractivity contribution < 1.29 is 80.2 Å². The van der Waals surface area contributed by atoms with E-state index >= 15 is 0 Å². The normalized spacial score (nSPS) is 14.7. The number of alkyl halides is 15. The highest BCUT2D eigenvalue weighted by Crippen LogP contribution is 2.62. The van der Waals surface area contributed by atoms with Crippen LogP contribution in [0.5, 0.6) is 0 Å². The Labute approximate surface area is 256 Å². The number of halogens is 15. The number of hydrogen-bond donors (Lipinski definition) is 1. The van der Waals surface area contributed by atoms with E-state index in [1.54, 1.807) is 0 Å². The van der Waals surface area contributed by atoms with Gasteiger partial charge in [0.2, 0.25) is 0 Å². The lowest BCUT2D eigenvalue weighted by Crippen LogP contribution is -2.74. The Morgan fingerprint density at radius 2 is 0.848 bits per heavy atom. The minimum Gasteiger partial charge on any atom is -0.464 e. The van der Waals surface area contributed by atoms with E-state index in [4.69, 9.17) is 0 Å². The van der Waals surface area contributed by atoms with E-state index in [1.807, 2.05) is 0 Å². The number of rotatable bonds is 23. The van der Waals surface area contributed by atoms with E-state index in [0.29, 0.717) is 18.7 Å². The number of ether oxygens (including phenoxy) is 1. The highest BCUT2D eigenvalue weighted by atomic mass is 19.4. The van der Waals surface area contributed by atoms with Crippen LogP contribution in [-0.4, -0.2) is 66.2 Å². The molecule has 0 rings (SSSR count). The van der Waals surface area contributed by atoms with E-state index in [1.165, 1.54) is 38.5 Å². The molecular formula is C27H38F15NO3. The number of unbranched alkanes of at least 4 members (excludes halogenated alkanes) is 13. The Kier molecular flexibility index (Phi) is 16.5. The first-order chi connectivity index (χ1) is 20.8. The Balaban J connectivity index is 4.91. The minimum atomic E-state index is -8.51. The van der Waals surface area contributed by atoms with Crippen molar-refractivity contribution in [3.8, 4) is 0 Å². The Hall–Kier alpha value is -2.11. The largest absolute Gasteiger partial charge is 0.464 e. The minimum absolute atomic E-state index is 0.219. The molecule has 1 atom stereocenters. The van der Waals surface area contributed by atoms with Gasteiger partial charge in [-0.15, -0.1) is 0 Å². The number of esters is 1. The van der Waals surface area contributed by atoms with Crippen molar-refractivity contribution in [3.05, 3.63) is 0 Å². The Morgan fingerprint density at radius 1 is 0.522 bits per heavy atom. The van der Waals surface area contributed by atoms with Gasteiger partial charge in [0.15, 0.2) is 0 Å². The average Bonchev–Trinajstić information content (AvgIpc) is 2.93. The molecule has 0 aliphatic carbocycles. The Bertz CT molecular complexity index is 940. The second kappa shape index (κ2) is 17.3. The van der Waals surface area contributed by atoms with Gasteiger partial charge >= 0.3 is 47.7 Å². The van der Waals surface area contributed by atoms with Crippen molar-refractivity contribution in [3.63, 3.8) is 0 Å². The summed E-state index contributed by atoms with van der Waals surface area (Å²) in [6, 6.07) is -2.34. The standard InChI is InChI=1S/C27H38F15NO3/c1-3-4-5-6-7-8-9-10-11-12-13-14-15-16-17-46-19(44)18(2)43-20(45)21(28,29)22(30,31)23(32,33)24(34,35)25(36,37)26(38,39)27(40,41)42/h18H,3-17H2,1-2H3,(H,43,45). The molecule has 0 bridgehead atoms. The predicted octanol–water partition coefficient (Wildman–Crippen LogP) is 9.89. The van der Waals surface area contributed by atoms with E-state index in [9.17, 15) is 75.4 Å². The second-order valence-corrected chi connectivity index (χ2v) is 10.9. The lowest BCUT2D eigenvalue weighted by atomic mass is 9.90. The van der Waals surface area contributed by atoms with Gasteiger partial charge in [0.25, 0.3) is 5.91 Å². The average molecular weight is 710 g/mol. The zero-order valence-corrected chi connectivity index (χ0v) is 25.1. The van der Waals surface area contributed by atoms with Crippen LogP contribution in [0.1, 0.15) is 104 Å². The fraction of sp³-hybridized carbons (Fsp3) is 0.926. The van der Waals surface area contributed by atoms with Crippen LogP contribution in [0.15, 0.2) is 0 Å². The fourth-order valence-electron chi connectivity index (χ4n) is 4.05. The maximum atomic E-state index is 14.0. The molecule has 0 aromatic carbocycles. The first-order valence-electron chi connectivity index (χ1n) is 14.6. The summed E-state index contributed by atoms with van der Waals surface area (Å²) < 4.78 is 204. The van der Waals surface area contributed by atoms with Gasteiger partial charge in [-0.3, -0.25) is 4.79 Å². The van der Waals surface area contributed by atoms with Gasteiger partial charge in [-0.25, -0.2) is 4.79 Å². The van der Waals surface area contributed by atoms with Crippen LogP contribution in [0.3, 0.4) is 0 Å². The summed E-state index contributed by atoms with van der Waals surface area (Å²) in [6.45, 7) is 2.25. The van der Waals surface area contributed by atoms with Gasteiger partial charge in [0.05, 0.1) is 6.61 Å². The summed E-state index contributed by atoms with van der Waals surface area (Å²) in [7, 11) is 0. The zero-order chi connectivity index (χ0) is 36.3. The highest BCUT2D eigenvalue weighted by molar-refractivity contribution is 5.89. The van der Waals surface area contributed by atoms with Crippen LogP contribution in [0.25, 0.3) is 0 Å². The highest BCUT2D eigenvalue weighted by Gasteiger charge is 2.94. The topological polar surface area (TPSA) is 55.4 Å². The Morgan fingerprint density at radius 3 is 1.22 bits per heavy atom. The van der Waals surface area contributed by atoms with Crippen molar-refractivity contribution in [1.82, 2.24) is 5.32 Å². The van der Waals surface area contributed by atoms with Crippen LogP contribution in [0.2, 0.25) is 0 Å². The summed E-state index contributed by atoms with van der Waals surface area (Å²) in [5.41, 5.74) is 0. The molecule has 1 amide bonds. The van der Waals surface area contributed by atoms with Crippen LogP contribution in [0, 0.1) is 0 Å². The molecule has 0 heterocycles. The summed E-state index contributed by atoms with van der Waals surface area (Å²) in [6.07, 6.45) is 6.01. The van der Waals surface area contributed by atoms with Crippen LogP contribution in [-0.2, 0) is 14.3 Å².